The van der Waals surface area contributed by atoms with Crippen LogP contribution in [0.4, 0.5) is 0 Å². The van der Waals surface area contributed by atoms with Crippen molar-refractivity contribution in [3.05, 3.63) is 18.7 Å². The second-order valence-corrected chi connectivity index (χ2v) is 6.41. The normalized spacial score (nSPS) is 30.1. The molecule has 0 saturated carbocycles. The minimum Gasteiger partial charge on any atom is -0.352 e. The molecule has 5 nitrogen and oxygen atoms in total. The topological polar surface area (TPSA) is 59.0 Å². The molecular formula is C15H24N4O. The van der Waals surface area contributed by atoms with Crippen LogP contribution >= 0.6 is 0 Å². The lowest BCUT2D eigenvalue weighted by Gasteiger charge is -2.29. The molecule has 2 saturated heterocycles. The van der Waals surface area contributed by atoms with Crippen LogP contribution in [0.25, 0.3) is 0 Å². The Hall–Kier alpha value is -1.36. The van der Waals surface area contributed by atoms with E-state index in [2.05, 4.69) is 15.6 Å². The lowest BCUT2D eigenvalue weighted by molar-refractivity contribution is -0.123. The van der Waals surface area contributed by atoms with Gasteiger partial charge in [-0.1, -0.05) is 0 Å². The number of carbonyl (C=O) groups excluding carboxylic acids is 1. The summed E-state index contributed by atoms with van der Waals surface area (Å²) in [6, 6.07) is 1.47. The third kappa shape index (κ3) is 3.39. The Kier molecular flexibility index (Phi) is 4.05. The summed E-state index contributed by atoms with van der Waals surface area (Å²) in [5.74, 6) is 0.762. The van der Waals surface area contributed by atoms with Gasteiger partial charge in [-0.3, -0.25) is 4.79 Å². The first-order valence-corrected chi connectivity index (χ1v) is 7.70. The maximum Gasteiger partial charge on any atom is 0.220 e. The van der Waals surface area contributed by atoms with Gasteiger partial charge >= 0.3 is 0 Å². The molecule has 2 fully saturated rings. The second kappa shape index (κ2) is 5.95. The number of rotatable bonds is 5. The average molecular weight is 276 g/mol. The molecule has 20 heavy (non-hydrogen) atoms. The fraction of sp³-hybridized carbons (Fsp3) is 0.733. The van der Waals surface area contributed by atoms with Crippen LogP contribution in [0.3, 0.4) is 0 Å². The zero-order valence-corrected chi connectivity index (χ0v) is 12.1. The molecule has 2 aliphatic rings. The predicted molar refractivity (Wildman–Crippen MR) is 77.1 cm³/mol. The van der Waals surface area contributed by atoms with Crippen LogP contribution in [0.5, 0.6) is 0 Å². The van der Waals surface area contributed by atoms with Crippen molar-refractivity contribution in [1.29, 1.82) is 0 Å². The summed E-state index contributed by atoms with van der Waals surface area (Å²) >= 11 is 0. The highest BCUT2D eigenvalue weighted by atomic mass is 16.1. The van der Waals surface area contributed by atoms with Crippen molar-refractivity contribution in [1.82, 2.24) is 20.2 Å². The van der Waals surface area contributed by atoms with Crippen molar-refractivity contribution in [2.45, 2.75) is 63.7 Å². The van der Waals surface area contributed by atoms with E-state index in [-0.39, 0.29) is 11.9 Å². The van der Waals surface area contributed by atoms with Gasteiger partial charge in [-0.2, -0.15) is 0 Å². The molecule has 0 aliphatic carbocycles. The van der Waals surface area contributed by atoms with Crippen molar-refractivity contribution in [2.24, 2.45) is 5.92 Å². The van der Waals surface area contributed by atoms with E-state index in [9.17, 15) is 4.79 Å². The lowest BCUT2D eigenvalue weighted by atomic mass is 9.89. The lowest BCUT2D eigenvalue weighted by Crippen LogP contribution is -2.41. The van der Waals surface area contributed by atoms with Crippen LogP contribution in [0, 0.1) is 5.92 Å². The molecule has 0 aromatic carbocycles. The molecule has 1 aromatic rings. The first-order valence-electron chi connectivity index (χ1n) is 7.70. The Labute approximate surface area is 120 Å². The number of nitrogens with zero attached hydrogens (tertiary/aromatic N) is 2. The zero-order chi connectivity index (χ0) is 13.9. The average Bonchev–Trinajstić information content (AvgIpc) is 2.99. The number of amides is 1. The van der Waals surface area contributed by atoms with Crippen LogP contribution < -0.4 is 10.6 Å². The summed E-state index contributed by atoms with van der Waals surface area (Å²) < 4.78 is 2.00. The van der Waals surface area contributed by atoms with E-state index in [4.69, 9.17) is 0 Å². The van der Waals surface area contributed by atoms with E-state index in [0.717, 1.165) is 6.54 Å². The molecule has 3 atom stereocenters. The van der Waals surface area contributed by atoms with Crippen LogP contribution in [0.1, 0.15) is 39.0 Å². The molecule has 5 heteroatoms. The number of piperidine rings is 1. The highest BCUT2D eigenvalue weighted by Crippen LogP contribution is 2.32. The Morgan fingerprint density at radius 1 is 1.45 bits per heavy atom. The molecule has 0 radical (unpaired) electrons. The van der Waals surface area contributed by atoms with E-state index in [1.165, 1.54) is 25.7 Å². The van der Waals surface area contributed by atoms with Gasteiger partial charge in [0.05, 0.1) is 6.33 Å². The van der Waals surface area contributed by atoms with Crippen molar-refractivity contribution in [3.63, 3.8) is 0 Å². The van der Waals surface area contributed by atoms with Crippen molar-refractivity contribution < 1.29 is 4.79 Å². The summed E-state index contributed by atoms with van der Waals surface area (Å²) in [5, 5.41) is 6.73. The summed E-state index contributed by atoms with van der Waals surface area (Å²) in [5.41, 5.74) is 0. The Morgan fingerprint density at radius 2 is 2.20 bits per heavy atom. The molecule has 0 spiro atoms. The minimum absolute atomic E-state index is 0.148. The molecular weight excluding hydrogens is 252 g/mol. The first kappa shape index (κ1) is 13.6. The molecule has 1 amide bonds. The van der Waals surface area contributed by atoms with Crippen molar-refractivity contribution >= 4 is 5.91 Å². The van der Waals surface area contributed by atoms with E-state index < -0.39 is 0 Å². The number of hydrogen-bond acceptors (Lipinski definition) is 3. The number of carbonyl (C=O) groups is 1. The van der Waals surface area contributed by atoms with E-state index in [1.807, 2.05) is 17.7 Å². The van der Waals surface area contributed by atoms with Gasteiger partial charge in [-0.15, -0.1) is 0 Å². The van der Waals surface area contributed by atoms with Gasteiger partial charge in [0.25, 0.3) is 0 Å². The number of imidazole rings is 1. The highest BCUT2D eigenvalue weighted by Gasteiger charge is 2.34. The number of aromatic nitrogens is 2. The molecule has 110 valence electrons. The van der Waals surface area contributed by atoms with Gasteiger partial charge in [0.1, 0.15) is 0 Å². The van der Waals surface area contributed by atoms with Gasteiger partial charge in [-0.05, 0) is 38.5 Å². The Balaban J connectivity index is 1.42. The minimum atomic E-state index is 0.148. The largest absolute Gasteiger partial charge is 0.352 e. The Bertz CT molecular complexity index is 433. The van der Waals surface area contributed by atoms with Gasteiger partial charge in [0, 0.05) is 43.5 Å². The molecule has 3 rings (SSSR count). The quantitative estimate of drug-likeness (QED) is 0.852. The van der Waals surface area contributed by atoms with Gasteiger partial charge in [0.15, 0.2) is 0 Å². The smallest absolute Gasteiger partial charge is 0.220 e. The summed E-state index contributed by atoms with van der Waals surface area (Å²) in [6.45, 7) is 2.83. The highest BCUT2D eigenvalue weighted by molar-refractivity contribution is 5.76. The van der Waals surface area contributed by atoms with Gasteiger partial charge in [-0.25, -0.2) is 4.98 Å². The summed E-state index contributed by atoms with van der Waals surface area (Å²) in [6.07, 6.45) is 11.1. The standard InChI is InChI=1S/C15H24N4O/c1-11(9-19-5-4-16-10-19)17-15(20)8-12-6-13-2-3-14(7-12)18-13/h4-5,10-14,18H,2-3,6-9H2,1H3,(H,17,20). The molecule has 3 unspecified atom stereocenters. The maximum absolute atomic E-state index is 12.1. The Morgan fingerprint density at radius 3 is 2.85 bits per heavy atom. The second-order valence-electron chi connectivity index (χ2n) is 6.41. The van der Waals surface area contributed by atoms with Gasteiger partial charge < -0.3 is 15.2 Å². The van der Waals surface area contributed by atoms with E-state index >= 15 is 0 Å². The molecule has 2 N–H and O–H groups in total. The summed E-state index contributed by atoms with van der Waals surface area (Å²) in [7, 11) is 0. The third-order valence-corrected chi connectivity index (χ3v) is 4.50. The van der Waals surface area contributed by atoms with E-state index in [1.54, 1.807) is 12.5 Å². The monoisotopic (exact) mass is 276 g/mol. The zero-order valence-electron chi connectivity index (χ0n) is 12.1. The number of hydrogen-bond donors (Lipinski definition) is 2. The molecule has 3 heterocycles. The number of fused-ring (bicyclic) bond motifs is 2. The third-order valence-electron chi connectivity index (χ3n) is 4.50. The SMILES string of the molecule is CC(Cn1ccnc1)NC(=O)CC1CC2CCC(C1)N2. The number of nitrogens with one attached hydrogen (secondary N) is 2. The first-order chi connectivity index (χ1) is 9.69. The van der Waals surface area contributed by atoms with E-state index in [0.29, 0.717) is 24.4 Å². The molecule has 2 bridgehead atoms. The molecule has 1 aromatic heterocycles. The van der Waals surface area contributed by atoms with Crippen molar-refractivity contribution in [2.75, 3.05) is 0 Å². The fourth-order valence-corrected chi connectivity index (χ4v) is 3.69. The van der Waals surface area contributed by atoms with Crippen LogP contribution in [-0.2, 0) is 11.3 Å². The summed E-state index contributed by atoms with van der Waals surface area (Å²) in [4.78, 5) is 16.1. The van der Waals surface area contributed by atoms with Crippen LogP contribution in [-0.4, -0.2) is 33.6 Å². The van der Waals surface area contributed by atoms with Crippen LogP contribution in [0.2, 0.25) is 0 Å². The molecule has 2 aliphatic heterocycles. The predicted octanol–water partition coefficient (Wildman–Crippen LogP) is 1.31. The van der Waals surface area contributed by atoms with Crippen molar-refractivity contribution in [3.8, 4) is 0 Å². The van der Waals surface area contributed by atoms with Crippen LogP contribution in [0.15, 0.2) is 18.7 Å². The van der Waals surface area contributed by atoms with Gasteiger partial charge in [0.2, 0.25) is 5.91 Å². The maximum atomic E-state index is 12.1. The fourth-order valence-electron chi connectivity index (χ4n) is 3.69.